The lowest BCUT2D eigenvalue weighted by Crippen LogP contribution is -2.37. The maximum Gasteiger partial charge on any atom is 0.332 e. The Morgan fingerprint density at radius 3 is 2.68 bits per heavy atom. The number of aromatic nitrogens is 4. The highest BCUT2D eigenvalue weighted by Crippen LogP contribution is 2.27. The molecule has 0 atom stereocenters. The lowest BCUT2D eigenvalue weighted by Gasteiger charge is -2.16. The number of hydrogen-bond acceptors (Lipinski definition) is 4. The number of fused-ring (bicyclic) bond motifs is 3. The summed E-state index contributed by atoms with van der Waals surface area (Å²) in [6.45, 7) is 1.84. The quantitative estimate of drug-likeness (QED) is 0.643. The van der Waals surface area contributed by atoms with E-state index >= 15 is 0 Å². The van der Waals surface area contributed by atoms with Crippen LogP contribution in [0.15, 0.2) is 32.3 Å². The smallest absolute Gasteiger partial charge is 0.332 e. The van der Waals surface area contributed by atoms with E-state index in [4.69, 9.17) is 0 Å². The first-order chi connectivity index (χ1) is 11.9. The van der Waals surface area contributed by atoms with Crippen molar-refractivity contribution in [3.8, 4) is 0 Å². The fraction of sp³-hybridized carbons (Fsp3) is 0.312. The van der Waals surface area contributed by atoms with Gasteiger partial charge in [0.05, 0.1) is 4.47 Å². The Bertz CT molecular complexity index is 1130. The number of benzene rings is 1. The number of rotatable bonds is 2. The monoisotopic (exact) mass is 407 g/mol. The molecule has 1 aromatic carbocycles. The van der Waals surface area contributed by atoms with E-state index in [2.05, 4.69) is 20.9 Å². The molecule has 0 fully saturated rings. The van der Waals surface area contributed by atoms with Crippen molar-refractivity contribution in [1.82, 2.24) is 18.7 Å². The van der Waals surface area contributed by atoms with Crippen molar-refractivity contribution in [2.24, 2.45) is 14.1 Å². The van der Waals surface area contributed by atoms with Gasteiger partial charge in [0, 0.05) is 33.7 Å². The van der Waals surface area contributed by atoms with Crippen molar-refractivity contribution in [2.45, 2.75) is 13.1 Å². The Labute approximate surface area is 150 Å². The summed E-state index contributed by atoms with van der Waals surface area (Å²) in [5.41, 5.74) is 0.998. The molecule has 1 aliphatic heterocycles. The average Bonchev–Trinajstić information content (AvgIpc) is 3.14. The molecule has 0 saturated carbocycles. The van der Waals surface area contributed by atoms with Crippen LogP contribution in [0.25, 0.3) is 11.2 Å². The lowest BCUT2D eigenvalue weighted by atomic mass is 10.2. The zero-order chi connectivity index (χ0) is 17.9. The van der Waals surface area contributed by atoms with Crippen molar-refractivity contribution in [3.63, 3.8) is 0 Å². The third-order valence-corrected chi connectivity index (χ3v) is 5.17. The number of aryl methyl sites for hydroxylation is 1. The van der Waals surface area contributed by atoms with Crippen molar-refractivity contribution in [3.05, 3.63) is 54.9 Å². The van der Waals surface area contributed by atoms with E-state index in [1.165, 1.54) is 17.7 Å². The zero-order valence-electron chi connectivity index (χ0n) is 13.7. The molecule has 0 N–H and O–H groups in total. The first-order valence-electron chi connectivity index (χ1n) is 7.73. The number of nitrogens with zero attached hydrogens (tertiary/aromatic N) is 5. The zero-order valence-corrected chi connectivity index (χ0v) is 15.2. The standard InChI is InChI=1S/C16H15BrFN5O2/c1-20-13-12(14(24)21(2)16(20)25)23-6-5-22(15(23)19-13)8-9-3-4-11(18)10(17)7-9/h3-4,7H,5-6,8H2,1-2H3. The molecular weight excluding hydrogens is 393 g/mol. The summed E-state index contributed by atoms with van der Waals surface area (Å²) in [7, 11) is 3.07. The number of anilines is 1. The molecule has 0 saturated heterocycles. The Kier molecular flexibility index (Phi) is 3.57. The van der Waals surface area contributed by atoms with E-state index in [9.17, 15) is 14.0 Å². The van der Waals surface area contributed by atoms with Gasteiger partial charge in [-0.1, -0.05) is 6.07 Å². The van der Waals surface area contributed by atoms with Gasteiger partial charge in [0.15, 0.2) is 11.2 Å². The minimum Gasteiger partial charge on any atom is -0.336 e. The van der Waals surface area contributed by atoms with Crippen LogP contribution < -0.4 is 16.1 Å². The fourth-order valence-corrected chi connectivity index (χ4v) is 3.64. The van der Waals surface area contributed by atoms with E-state index < -0.39 is 5.69 Å². The lowest BCUT2D eigenvalue weighted by molar-refractivity contribution is 0.620. The van der Waals surface area contributed by atoms with Crippen molar-refractivity contribution in [1.29, 1.82) is 0 Å². The molecule has 7 nitrogen and oxygen atoms in total. The summed E-state index contributed by atoms with van der Waals surface area (Å²) in [5, 5.41) is 0. The second kappa shape index (κ2) is 5.55. The van der Waals surface area contributed by atoms with Crippen LogP contribution >= 0.6 is 15.9 Å². The van der Waals surface area contributed by atoms with Crippen LogP contribution in [0, 0.1) is 5.82 Å². The maximum atomic E-state index is 13.4. The van der Waals surface area contributed by atoms with E-state index in [-0.39, 0.29) is 11.4 Å². The van der Waals surface area contributed by atoms with Gasteiger partial charge in [-0.15, -0.1) is 0 Å². The predicted octanol–water partition coefficient (Wildman–Crippen LogP) is 1.36. The van der Waals surface area contributed by atoms with Crippen LogP contribution in [0.2, 0.25) is 0 Å². The second-order valence-corrected chi connectivity index (χ2v) is 6.97. The predicted molar refractivity (Wildman–Crippen MR) is 95.4 cm³/mol. The first kappa shape index (κ1) is 16.1. The van der Waals surface area contributed by atoms with Crippen LogP contribution in [0.5, 0.6) is 0 Å². The van der Waals surface area contributed by atoms with Crippen molar-refractivity contribution in [2.75, 3.05) is 11.4 Å². The molecule has 3 aromatic rings. The highest BCUT2D eigenvalue weighted by atomic mass is 79.9. The van der Waals surface area contributed by atoms with Gasteiger partial charge in [-0.2, -0.15) is 4.98 Å². The molecule has 0 unspecified atom stereocenters. The topological polar surface area (TPSA) is 65.1 Å². The Morgan fingerprint density at radius 1 is 1.20 bits per heavy atom. The van der Waals surface area contributed by atoms with Gasteiger partial charge in [-0.05, 0) is 33.6 Å². The highest BCUT2D eigenvalue weighted by molar-refractivity contribution is 9.10. The molecule has 9 heteroatoms. The van der Waals surface area contributed by atoms with Gasteiger partial charge < -0.3 is 9.47 Å². The molecule has 0 bridgehead atoms. The summed E-state index contributed by atoms with van der Waals surface area (Å²) in [5.74, 6) is 0.338. The molecule has 2 aromatic heterocycles. The molecule has 25 heavy (non-hydrogen) atoms. The minimum absolute atomic E-state index is 0.309. The summed E-state index contributed by atoms with van der Waals surface area (Å²) in [6, 6.07) is 4.87. The summed E-state index contributed by atoms with van der Waals surface area (Å²) < 4.78 is 18.1. The van der Waals surface area contributed by atoms with Gasteiger partial charge in [0.1, 0.15) is 5.82 Å². The SMILES string of the molecule is Cn1c(=O)c2c(nc3n2CCN3Cc2ccc(F)c(Br)c2)n(C)c1=O. The fourth-order valence-electron chi connectivity index (χ4n) is 3.22. The molecule has 4 rings (SSSR count). The Hall–Kier alpha value is -2.42. The molecule has 0 spiro atoms. The van der Waals surface area contributed by atoms with Crippen molar-refractivity contribution < 1.29 is 4.39 Å². The van der Waals surface area contributed by atoms with Gasteiger partial charge in [-0.25, -0.2) is 9.18 Å². The van der Waals surface area contributed by atoms with Crippen LogP contribution in [0.1, 0.15) is 5.56 Å². The van der Waals surface area contributed by atoms with Crippen LogP contribution in [-0.4, -0.2) is 25.2 Å². The molecule has 1 aliphatic rings. The molecule has 130 valence electrons. The van der Waals surface area contributed by atoms with Gasteiger partial charge in [0.25, 0.3) is 5.56 Å². The molecule has 0 aliphatic carbocycles. The summed E-state index contributed by atoms with van der Waals surface area (Å²) in [4.78, 5) is 31.1. The molecule has 3 heterocycles. The molecule has 0 amide bonds. The van der Waals surface area contributed by atoms with Crippen molar-refractivity contribution >= 4 is 33.0 Å². The maximum absolute atomic E-state index is 13.4. The highest BCUT2D eigenvalue weighted by Gasteiger charge is 2.27. The number of halogens is 2. The normalized spacial score (nSPS) is 13.7. The van der Waals surface area contributed by atoms with E-state index in [0.29, 0.717) is 41.2 Å². The Balaban J connectivity index is 1.82. The van der Waals surface area contributed by atoms with Gasteiger partial charge in [0.2, 0.25) is 5.95 Å². The second-order valence-electron chi connectivity index (χ2n) is 6.11. The van der Waals surface area contributed by atoms with E-state index in [1.54, 1.807) is 19.2 Å². The summed E-state index contributed by atoms with van der Waals surface area (Å²) in [6.07, 6.45) is 0. The first-order valence-corrected chi connectivity index (χ1v) is 8.53. The molecular formula is C16H15BrFN5O2. The third kappa shape index (κ3) is 2.33. The average molecular weight is 408 g/mol. The Morgan fingerprint density at radius 2 is 1.96 bits per heavy atom. The van der Waals surface area contributed by atoms with E-state index in [0.717, 1.165) is 10.1 Å². The number of hydrogen-bond donors (Lipinski definition) is 0. The van der Waals surface area contributed by atoms with E-state index in [1.807, 2.05) is 9.47 Å². The van der Waals surface area contributed by atoms with Gasteiger partial charge in [-0.3, -0.25) is 13.9 Å². The number of imidazole rings is 1. The van der Waals surface area contributed by atoms with Crippen LogP contribution in [0.3, 0.4) is 0 Å². The third-order valence-electron chi connectivity index (χ3n) is 4.56. The summed E-state index contributed by atoms with van der Waals surface area (Å²) >= 11 is 3.19. The minimum atomic E-state index is -0.400. The van der Waals surface area contributed by atoms with Crippen LogP contribution in [0.4, 0.5) is 10.3 Å². The van der Waals surface area contributed by atoms with Gasteiger partial charge >= 0.3 is 5.69 Å². The molecule has 0 radical (unpaired) electrons. The van der Waals surface area contributed by atoms with Crippen LogP contribution in [-0.2, 0) is 27.2 Å². The largest absolute Gasteiger partial charge is 0.336 e.